The Kier molecular flexibility index (Phi) is 3.08. The van der Waals surface area contributed by atoms with E-state index in [0.29, 0.717) is 13.0 Å². The van der Waals surface area contributed by atoms with Gasteiger partial charge in [-0.1, -0.05) is 0 Å². The molecule has 0 fully saturated rings. The molecule has 4 heteroatoms. The fourth-order valence-electron chi connectivity index (χ4n) is 1.09. The number of nitrogens with one attached hydrogen (secondary N) is 1. The summed E-state index contributed by atoms with van der Waals surface area (Å²) in [5, 5.41) is 21.2. The van der Waals surface area contributed by atoms with Gasteiger partial charge in [-0.25, -0.2) is 4.39 Å². The van der Waals surface area contributed by atoms with Crippen LogP contribution >= 0.6 is 0 Å². The third-order valence-electron chi connectivity index (χ3n) is 1.83. The van der Waals surface area contributed by atoms with Gasteiger partial charge < -0.3 is 15.5 Å². The van der Waals surface area contributed by atoms with Gasteiger partial charge in [0.05, 0.1) is 0 Å². The Balaban J connectivity index is 2.96. The Labute approximate surface area is 75.8 Å². The predicted octanol–water partition coefficient (Wildman–Crippen LogP) is 0.999. The molecule has 1 rings (SSSR count). The van der Waals surface area contributed by atoms with Crippen molar-refractivity contribution in [2.75, 3.05) is 13.6 Å². The fourth-order valence-corrected chi connectivity index (χ4v) is 1.09. The van der Waals surface area contributed by atoms with E-state index in [2.05, 4.69) is 5.32 Å². The molecule has 13 heavy (non-hydrogen) atoms. The highest BCUT2D eigenvalue weighted by molar-refractivity contribution is 5.45. The summed E-state index contributed by atoms with van der Waals surface area (Å²) in [6.07, 6.45) is 0.350. The number of hydrogen-bond acceptors (Lipinski definition) is 3. The second-order valence-electron chi connectivity index (χ2n) is 2.75. The first-order chi connectivity index (χ1) is 6.16. The van der Waals surface area contributed by atoms with E-state index in [-0.39, 0.29) is 17.1 Å². The topological polar surface area (TPSA) is 52.5 Å². The van der Waals surface area contributed by atoms with Gasteiger partial charge in [0.2, 0.25) is 0 Å². The van der Waals surface area contributed by atoms with Crippen LogP contribution in [0.25, 0.3) is 0 Å². The molecule has 0 radical (unpaired) electrons. The molecule has 0 aliphatic carbocycles. The standard InChI is InChI=1S/C9H12FNO2/c1-11-5-4-6-7(10)2-3-8(12)9(6)13/h2-3,11-13H,4-5H2,1H3. The Bertz CT molecular complexity index is 302. The largest absolute Gasteiger partial charge is 0.504 e. The SMILES string of the molecule is CNCCc1c(F)ccc(O)c1O. The molecule has 0 atom stereocenters. The third-order valence-corrected chi connectivity index (χ3v) is 1.83. The summed E-state index contributed by atoms with van der Waals surface area (Å²) in [5.74, 6) is -1.15. The smallest absolute Gasteiger partial charge is 0.163 e. The van der Waals surface area contributed by atoms with Gasteiger partial charge in [0.15, 0.2) is 11.5 Å². The lowest BCUT2D eigenvalue weighted by molar-refractivity contribution is 0.393. The van der Waals surface area contributed by atoms with E-state index in [4.69, 9.17) is 5.11 Å². The van der Waals surface area contributed by atoms with Gasteiger partial charge >= 0.3 is 0 Å². The van der Waals surface area contributed by atoms with Gasteiger partial charge in [0, 0.05) is 5.56 Å². The summed E-state index contributed by atoms with van der Waals surface area (Å²) in [6, 6.07) is 2.27. The van der Waals surface area contributed by atoms with Gasteiger partial charge in [0.25, 0.3) is 0 Å². The molecule has 0 bridgehead atoms. The fraction of sp³-hybridized carbons (Fsp3) is 0.333. The lowest BCUT2D eigenvalue weighted by Gasteiger charge is -2.06. The van der Waals surface area contributed by atoms with Gasteiger partial charge in [-0.3, -0.25) is 0 Å². The lowest BCUT2D eigenvalue weighted by Crippen LogP contribution is -2.11. The van der Waals surface area contributed by atoms with E-state index >= 15 is 0 Å². The van der Waals surface area contributed by atoms with Crippen molar-refractivity contribution >= 4 is 0 Å². The number of benzene rings is 1. The van der Waals surface area contributed by atoms with Crippen LogP contribution < -0.4 is 5.32 Å². The minimum absolute atomic E-state index is 0.148. The molecule has 3 nitrogen and oxygen atoms in total. The van der Waals surface area contributed by atoms with E-state index in [9.17, 15) is 9.50 Å². The molecule has 0 unspecified atom stereocenters. The Morgan fingerprint density at radius 1 is 1.38 bits per heavy atom. The number of aromatic hydroxyl groups is 2. The highest BCUT2D eigenvalue weighted by Gasteiger charge is 2.10. The van der Waals surface area contributed by atoms with E-state index in [1.807, 2.05) is 0 Å². The number of halogens is 1. The van der Waals surface area contributed by atoms with E-state index < -0.39 is 5.82 Å². The predicted molar refractivity (Wildman–Crippen MR) is 47.4 cm³/mol. The van der Waals surface area contributed by atoms with Crippen molar-refractivity contribution in [3.8, 4) is 11.5 Å². The number of likely N-dealkylation sites (N-methyl/N-ethyl adjacent to an activating group) is 1. The molecule has 0 spiro atoms. The number of hydrogen-bond donors (Lipinski definition) is 3. The van der Waals surface area contributed by atoms with Crippen molar-refractivity contribution in [3.63, 3.8) is 0 Å². The van der Waals surface area contributed by atoms with Gasteiger partial charge in [-0.2, -0.15) is 0 Å². The van der Waals surface area contributed by atoms with Crippen LogP contribution in [0.1, 0.15) is 5.56 Å². The zero-order valence-corrected chi connectivity index (χ0v) is 7.34. The Morgan fingerprint density at radius 3 is 2.69 bits per heavy atom. The van der Waals surface area contributed by atoms with Crippen LogP contribution in [0, 0.1) is 5.82 Å². The van der Waals surface area contributed by atoms with Crippen molar-refractivity contribution in [2.45, 2.75) is 6.42 Å². The minimum Gasteiger partial charge on any atom is -0.504 e. The van der Waals surface area contributed by atoms with Gasteiger partial charge in [-0.15, -0.1) is 0 Å². The second-order valence-corrected chi connectivity index (χ2v) is 2.75. The van der Waals surface area contributed by atoms with Crippen LogP contribution in [-0.2, 0) is 6.42 Å². The summed E-state index contributed by atoms with van der Waals surface area (Å²) in [4.78, 5) is 0. The zero-order chi connectivity index (χ0) is 9.84. The van der Waals surface area contributed by atoms with E-state index in [0.717, 1.165) is 12.1 Å². The van der Waals surface area contributed by atoms with Crippen LogP contribution in [0.2, 0.25) is 0 Å². The second kappa shape index (κ2) is 4.09. The van der Waals surface area contributed by atoms with Gasteiger partial charge in [0.1, 0.15) is 5.82 Å². The summed E-state index contributed by atoms with van der Waals surface area (Å²) >= 11 is 0. The number of phenols is 2. The van der Waals surface area contributed by atoms with E-state index in [1.165, 1.54) is 0 Å². The molecule has 72 valence electrons. The van der Waals surface area contributed by atoms with Gasteiger partial charge in [-0.05, 0) is 32.1 Å². The van der Waals surface area contributed by atoms with Crippen LogP contribution in [0.3, 0.4) is 0 Å². The van der Waals surface area contributed by atoms with Crippen LogP contribution in [0.15, 0.2) is 12.1 Å². The molecule has 0 heterocycles. The first-order valence-electron chi connectivity index (χ1n) is 4.00. The maximum absolute atomic E-state index is 13.1. The number of phenolic OH excluding ortho intramolecular Hbond substituents is 2. The summed E-state index contributed by atoms with van der Waals surface area (Å²) < 4.78 is 13.1. The molecule has 0 saturated carbocycles. The third kappa shape index (κ3) is 2.09. The first-order valence-corrected chi connectivity index (χ1v) is 4.00. The summed E-state index contributed by atoms with van der Waals surface area (Å²) in [5.41, 5.74) is 0.148. The summed E-state index contributed by atoms with van der Waals surface area (Å²) in [7, 11) is 1.73. The normalized spacial score (nSPS) is 10.3. The molecule has 1 aromatic rings. The quantitative estimate of drug-likeness (QED) is 0.616. The zero-order valence-electron chi connectivity index (χ0n) is 7.34. The highest BCUT2D eigenvalue weighted by Crippen LogP contribution is 2.30. The van der Waals surface area contributed by atoms with Crippen molar-refractivity contribution in [2.24, 2.45) is 0 Å². The average Bonchev–Trinajstić information content (AvgIpc) is 2.12. The first kappa shape index (κ1) is 9.80. The Morgan fingerprint density at radius 2 is 2.08 bits per heavy atom. The maximum atomic E-state index is 13.1. The van der Waals surface area contributed by atoms with Crippen molar-refractivity contribution in [1.82, 2.24) is 5.32 Å². The highest BCUT2D eigenvalue weighted by atomic mass is 19.1. The molecule has 1 aromatic carbocycles. The molecule has 0 aliphatic heterocycles. The molecular formula is C9H12FNO2. The molecule has 3 N–H and O–H groups in total. The van der Waals surface area contributed by atoms with Crippen LogP contribution in [-0.4, -0.2) is 23.8 Å². The van der Waals surface area contributed by atoms with Crippen molar-refractivity contribution < 1.29 is 14.6 Å². The molecule has 0 saturated heterocycles. The Hall–Kier alpha value is -1.29. The van der Waals surface area contributed by atoms with Crippen molar-refractivity contribution in [1.29, 1.82) is 0 Å². The van der Waals surface area contributed by atoms with E-state index in [1.54, 1.807) is 7.05 Å². The maximum Gasteiger partial charge on any atom is 0.163 e. The average molecular weight is 185 g/mol. The van der Waals surface area contributed by atoms with Crippen LogP contribution in [0.4, 0.5) is 4.39 Å². The monoisotopic (exact) mass is 185 g/mol. The lowest BCUT2D eigenvalue weighted by atomic mass is 10.1. The minimum atomic E-state index is -0.495. The van der Waals surface area contributed by atoms with Crippen LogP contribution in [0.5, 0.6) is 11.5 Å². The number of rotatable bonds is 3. The molecular weight excluding hydrogens is 173 g/mol. The van der Waals surface area contributed by atoms with Crippen molar-refractivity contribution in [3.05, 3.63) is 23.5 Å². The molecule has 0 aromatic heterocycles. The molecule has 0 aliphatic rings. The molecule has 0 amide bonds. The summed E-state index contributed by atoms with van der Waals surface area (Å²) in [6.45, 7) is 0.550.